The highest BCUT2D eigenvalue weighted by atomic mass is 32.1. The molecule has 0 radical (unpaired) electrons. The molecule has 32 heavy (non-hydrogen) atoms. The van der Waals surface area contributed by atoms with Crippen LogP contribution < -0.4 is 4.90 Å². The Bertz CT molecular complexity index is 981. The van der Waals surface area contributed by atoms with E-state index >= 15 is 0 Å². The van der Waals surface area contributed by atoms with Gasteiger partial charge < -0.3 is 17.4 Å². The summed E-state index contributed by atoms with van der Waals surface area (Å²) >= 11 is 5.37. The SMILES string of the molecule is CC(C)c1cccc(C(C)C)c1N1CC[N+](c2c(C(C)C)cccc2C(C)C)=C1C(=O)[S-]. The lowest BCUT2D eigenvalue weighted by Crippen LogP contribution is -2.36. The Morgan fingerprint density at radius 1 is 0.781 bits per heavy atom. The second-order valence-corrected chi connectivity index (χ2v) is 10.5. The first kappa shape index (κ1) is 24.4. The van der Waals surface area contributed by atoms with Crippen LogP contribution in [0.2, 0.25) is 0 Å². The number of anilines is 1. The van der Waals surface area contributed by atoms with Crippen LogP contribution in [0.25, 0.3) is 0 Å². The van der Waals surface area contributed by atoms with Gasteiger partial charge in [-0.05, 0) is 23.7 Å². The summed E-state index contributed by atoms with van der Waals surface area (Å²) in [5.41, 5.74) is 7.42. The average Bonchev–Trinajstić information content (AvgIpc) is 3.17. The van der Waals surface area contributed by atoms with Crippen molar-refractivity contribution in [2.24, 2.45) is 0 Å². The summed E-state index contributed by atoms with van der Waals surface area (Å²) in [7, 11) is 0. The van der Waals surface area contributed by atoms with Crippen molar-refractivity contribution >= 4 is 35.0 Å². The van der Waals surface area contributed by atoms with E-state index in [1.807, 2.05) is 0 Å². The molecule has 1 aliphatic rings. The molecule has 1 heterocycles. The number of carbonyl (C=O) groups excluding carboxylic acids is 1. The van der Waals surface area contributed by atoms with E-state index in [1.54, 1.807) is 0 Å². The zero-order valence-corrected chi connectivity index (χ0v) is 21.7. The van der Waals surface area contributed by atoms with Crippen molar-refractivity contribution in [1.29, 1.82) is 0 Å². The molecule has 0 unspecified atom stereocenters. The molecule has 0 amide bonds. The van der Waals surface area contributed by atoms with Crippen molar-refractivity contribution in [2.75, 3.05) is 18.0 Å². The van der Waals surface area contributed by atoms with E-state index in [0.29, 0.717) is 29.5 Å². The Balaban J connectivity index is 2.34. The standard InChI is InChI=1S/C28H38N2OS/c1-17(2)21-11-9-12-22(18(3)4)25(21)29-15-16-30(27(29)28(31)32)26-23(19(5)6)13-10-14-24(26)20(7)8/h9-14,17-20H,15-16H2,1-8H3. The molecule has 1 aliphatic heterocycles. The number of benzene rings is 2. The fourth-order valence-electron chi connectivity index (χ4n) is 4.86. The maximum atomic E-state index is 13.0. The Morgan fingerprint density at radius 3 is 1.56 bits per heavy atom. The summed E-state index contributed by atoms with van der Waals surface area (Å²) in [6.07, 6.45) is 0. The van der Waals surface area contributed by atoms with E-state index in [1.165, 1.54) is 33.6 Å². The molecule has 0 spiro atoms. The van der Waals surface area contributed by atoms with Crippen LogP contribution in [0.1, 0.15) is 101 Å². The van der Waals surface area contributed by atoms with Crippen LogP contribution in [0.15, 0.2) is 36.4 Å². The molecule has 0 atom stereocenters. The fraction of sp³-hybridized carbons (Fsp3) is 0.500. The molecule has 0 aliphatic carbocycles. The zero-order chi connectivity index (χ0) is 23.7. The zero-order valence-electron chi connectivity index (χ0n) is 20.9. The molecule has 0 saturated heterocycles. The molecular weight excluding hydrogens is 412 g/mol. The third-order valence-electron chi connectivity index (χ3n) is 6.47. The molecule has 172 valence electrons. The van der Waals surface area contributed by atoms with Gasteiger partial charge in [-0.1, -0.05) is 91.8 Å². The summed E-state index contributed by atoms with van der Waals surface area (Å²) in [4.78, 5) is 15.2. The van der Waals surface area contributed by atoms with Crippen LogP contribution in [0.3, 0.4) is 0 Å². The van der Waals surface area contributed by atoms with Crippen molar-refractivity contribution in [3.05, 3.63) is 58.7 Å². The topological polar surface area (TPSA) is 23.3 Å². The summed E-state index contributed by atoms with van der Waals surface area (Å²) in [6.45, 7) is 19.3. The van der Waals surface area contributed by atoms with Gasteiger partial charge in [-0.25, -0.2) is 9.48 Å². The highest BCUT2D eigenvalue weighted by molar-refractivity contribution is 7.80. The van der Waals surface area contributed by atoms with Crippen LogP contribution in [-0.2, 0) is 17.4 Å². The monoisotopic (exact) mass is 450 g/mol. The van der Waals surface area contributed by atoms with Crippen molar-refractivity contribution in [2.45, 2.75) is 79.1 Å². The third-order valence-corrected chi connectivity index (χ3v) is 6.65. The molecule has 3 rings (SSSR count). The molecule has 2 aromatic carbocycles. The van der Waals surface area contributed by atoms with Crippen LogP contribution in [0, 0.1) is 0 Å². The van der Waals surface area contributed by atoms with Crippen LogP contribution in [0.4, 0.5) is 11.4 Å². The van der Waals surface area contributed by atoms with Gasteiger partial charge in [-0.3, -0.25) is 0 Å². The normalized spacial score (nSPS) is 14.6. The predicted molar refractivity (Wildman–Crippen MR) is 139 cm³/mol. The van der Waals surface area contributed by atoms with Crippen molar-refractivity contribution in [3.63, 3.8) is 0 Å². The van der Waals surface area contributed by atoms with Gasteiger partial charge in [0.1, 0.15) is 29.6 Å². The highest BCUT2D eigenvalue weighted by Gasteiger charge is 2.39. The molecule has 0 fully saturated rings. The Labute approximate surface area is 200 Å². The summed E-state index contributed by atoms with van der Waals surface area (Å²) in [6, 6.07) is 13.1. The minimum Gasteiger partial charge on any atom is -0.729 e. The average molecular weight is 451 g/mol. The fourth-order valence-corrected chi connectivity index (χ4v) is 5.08. The Hall–Kier alpha value is -2.20. The van der Waals surface area contributed by atoms with Gasteiger partial charge in [-0.2, -0.15) is 0 Å². The molecular formula is C28H38N2OS. The molecule has 0 saturated carbocycles. The van der Waals surface area contributed by atoms with Crippen molar-refractivity contribution in [1.82, 2.24) is 0 Å². The number of hydrogen-bond acceptors (Lipinski definition) is 3. The molecule has 0 bridgehead atoms. The Morgan fingerprint density at radius 2 is 1.19 bits per heavy atom. The predicted octanol–water partition coefficient (Wildman–Crippen LogP) is 6.82. The van der Waals surface area contributed by atoms with E-state index < -0.39 is 0 Å². The summed E-state index contributed by atoms with van der Waals surface area (Å²) in [5.74, 6) is 2.05. The summed E-state index contributed by atoms with van der Waals surface area (Å²) < 4.78 is 2.21. The number of carbonyl (C=O) groups is 1. The number of para-hydroxylation sites is 2. The number of nitrogens with zero attached hydrogens (tertiary/aromatic N) is 2. The van der Waals surface area contributed by atoms with Crippen molar-refractivity contribution in [3.8, 4) is 0 Å². The lowest BCUT2D eigenvalue weighted by atomic mass is 9.92. The highest BCUT2D eigenvalue weighted by Crippen LogP contribution is 2.40. The van der Waals surface area contributed by atoms with E-state index in [9.17, 15) is 4.79 Å². The first-order valence-electron chi connectivity index (χ1n) is 11.9. The maximum Gasteiger partial charge on any atom is 0.302 e. The second-order valence-electron chi connectivity index (χ2n) is 10.1. The van der Waals surface area contributed by atoms with Gasteiger partial charge in [0, 0.05) is 22.3 Å². The second kappa shape index (κ2) is 9.74. The van der Waals surface area contributed by atoms with Gasteiger partial charge in [0.25, 0.3) is 0 Å². The van der Waals surface area contributed by atoms with Crippen LogP contribution in [-0.4, -0.2) is 28.6 Å². The molecule has 0 aromatic heterocycles. The van der Waals surface area contributed by atoms with Gasteiger partial charge >= 0.3 is 5.84 Å². The maximum absolute atomic E-state index is 13.0. The van der Waals surface area contributed by atoms with Crippen LogP contribution in [0.5, 0.6) is 0 Å². The van der Waals surface area contributed by atoms with E-state index in [0.717, 1.165) is 13.1 Å². The van der Waals surface area contributed by atoms with Crippen molar-refractivity contribution < 1.29 is 9.37 Å². The van der Waals surface area contributed by atoms with Gasteiger partial charge in [-0.15, -0.1) is 0 Å². The smallest absolute Gasteiger partial charge is 0.302 e. The lowest BCUT2D eigenvalue weighted by Gasteiger charge is -2.24. The minimum atomic E-state index is -0.288. The molecule has 2 aromatic rings. The van der Waals surface area contributed by atoms with Gasteiger partial charge in [0.05, 0.1) is 0 Å². The molecule has 3 nitrogen and oxygen atoms in total. The quantitative estimate of drug-likeness (QED) is 0.342. The lowest BCUT2D eigenvalue weighted by molar-refractivity contribution is -0.429. The first-order valence-corrected chi connectivity index (χ1v) is 12.4. The largest absolute Gasteiger partial charge is 0.729 e. The van der Waals surface area contributed by atoms with E-state index in [-0.39, 0.29) is 5.12 Å². The van der Waals surface area contributed by atoms with Crippen LogP contribution >= 0.6 is 0 Å². The molecule has 4 heteroatoms. The van der Waals surface area contributed by atoms with E-state index in [4.69, 9.17) is 12.6 Å². The van der Waals surface area contributed by atoms with Gasteiger partial charge in [0.15, 0.2) is 0 Å². The van der Waals surface area contributed by atoms with E-state index in [2.05, 4.69) is 101 Å². The number of rotatable bonds is 7. The Kier molecular flexibility index (Phi) is 7.44. The summed E-state index contributed by atoms with van der Waals surface area (Å²) in [5, 5.41) is -0.288. The molecule has 0 N–H and O–H groups in total. The first-order chi connectivity index (χ1) is 15.1. The number of amidine groups is 1. The minimum absolute atomic E-state index is 0.288. The number of hydrogen-bond donors (Lipinski definition) is 0. The van der Waals surface area contributed by atoms with Gasteiger partial charge in [0.2, 0.25) is 0 Å². The third kappa shape index (κ3) is 4.47.